The van der Waals surface area contributed by atoms with Gasteiger partial charge in [0.05, 0.1) is 0 Å². The molecule has 0 aromatic heterocycles. The molecular formula is C16H20FN3O3. The first-order valence-electron chi connectivity index (χ1n) is 7.83. The Morgan fingerprint density at radius 1 is 1.26 bits per heavy atom. The van der Waals surface area contributed by atoms with Crippen molar-refractivity contribution in [2.45, 2.75) is 24.9 Å². The molecule has 3 amide bonds. The van der Waals surface area contributed by atoms with Crippen molar-refractivity contribution >= 4 is 11.9 Å². The van der Waals surface area contributed by atoms with Gasteiger partial charge in [-0.15, -0.1) is 0 Å². The lowest BCUT2D eigenvalue weighted by atomic mass is 10.0. The fraction of sp³-hybridized carbons (Fsp3) is 0.500. The number of amides is 3. The monoisotopic (exact) mass is 321 g/mol. The third kappa shape index (κ3) is 3.61. The predicted molar refractivity (Wildman–Crippen MR) is 81.2 cm³/mol. The van der Waals surface area contributed by atoms with Crippen molar-refractivity contribution in [3.05, 3.63) is 35.6 Å². The van der Waals surface area contributed by atoms with Crippen LogP contribution in [-0.4, -0.2) is 49.2 Å². The third-order valence-electron chi connectivity index (χ3n) is 4.21. The fourth-order valence-corrected chi connectivity index (χ4v) is 2.96. The molecular weight excluding hydrogens is 301 g/mol. The van der Waals surface area contributed by atoms with Gasteiger partial charge in [0.15, 0.2) is 0 Å². The highest BCUT2D eigenvalue weighted by Gasteiger charge is 2.35. The van der Waals surface area contributed by atoms with Gasteiger partial charge in [0.1, 0.15) is 11.9 Å². The maximum absolute atomic E-state index is 13.1. The number of halogens is 1. The number of hydrogen-bond donors (Lipinski definition) is 2. The van der Waals surface area contributed by atoms with E-state index < -0.39 is 6.04 Å². The van der Waals surface area contributed by atoms with Crippen molar-refractivity contribution in [3.63, 3.8) is 0 Å². The Labute approximate surface area is 134 Å². The lowest BCUT2D eigenvalue weighted by Crippen LogP contribution is -2.56. The Bertz CT molecular complexity index is 572. The van der Waals surface area contributed by atoms with Crippen LogP contribution in [-0.2, 0) is 9.53 Å². The minimum Gasteiger partial charge on any atom is -0.381 e. The van der Waals surface area contributed by atoms with Crippen molar-refractivity contribution in [3.8, 4) is 0 Å². The summed E-state index contributed by atoms with van der Waals surface area (Å²) in [5.41, 5.74) is 0.603. The standard InChI is InChI=1S/C16H20FN3O3/c17-12-3-1-11(2-4-12)14-15(21)18-7-8-20(14)16(22)19-13-5-9-23-10-6-13/h1-4,13-14H,5-10H2,(H,18,21)(H,19,22). The largest absolute Gasteiger partial charge is 0.381 e. The minimum atomic E-state index is -0.732. The van der Waals surface area contributed by atoms with Crippen LogP contribution in [0, 0.1) is 5.82 Å². The molecule has 0 saturated carbocycles. The zero-order valence-electron chi connectivity index (χ0n) is 12.8. The number of ether oxygens (including phenoxy) is 1. The highest BCUT2D eigenvalue weighted by atomic mass is 19.1. The molecule has 2 aliphatic heterocycles. The van der Waals surface area contributed by atoms with Gasteiger partial charge in [0.25, 0.3) is 0 Å². The number of benzene rings is 1. The van der Waals surface area contributed by atoms with E-state index in [-0.39, 0.29) is 23.8 Å². The van der Waals surface area contributed by atoms with E-state index in [1.54, 1.807) is 12.1 Å². The van der Waals surface area contributed by atoms with Crippen LogP contribution in [0.2, 0.25) is 0 Å². The van der Waals surface area contributed by atoms with Crippen LogP contribution < -0.4 is 10.6 Å². The summed E-state index contributed by atoms with van der Waals surface area (Å²) in [5.74, 6) is -0.617. The molecule has 23 heavy (non-hydrogen) atoms. The molecule has 0 bridgehead atoms. The van der Waals surface area contributed by atoms with Crippen molar-refractivity contribution in [1.29, 1.82) is 0 Å². The average Bonchev–Trinajstić information content (AvgIpc) is 2.56. The van der Waals surface area contributed by atoms with E-state index in [0.717, 1.165) is 12.8 Å². The molecule has 7 heteroatoms. The zero-order chi connectivity index (χ0) is 16.2. The maximum atomic E-state index is 13.1. The first-order chi connectivity index (χ1) is 11.1. The lowest BCUT2D eigenvalue weighted by molar-refractivity contribution is -0.127. The van der Waals surface area contributed by atoms with Crippen LogP contribution in [0.25, 0.3) is 0 Å². The van der Waals surface area contributed by atoms with Crippen LogP contribution in [0.15, 0.2) is 24.3 Å². The van der Waals surface area contributed by atoms with E-state index in [9.17, 15) is 14.0 Å². The molecule has 2 heterocycles. The second-order valence-electron chi connectivity index (χ2n) is 5.77. The summed E-state index contributed by atoms with van der Waals surface area (Å²) in [5, 5.41) is 5.73. The zero-order valence-corrected chi connectivity index (χ0v) is 12.8. The maximum Gasteiger partial charge on any atom is 0.318 e. The number of urea groups is 1. The summed E-state index contributed by atoms with van der Waals surface area (Å²) < 4.78 is 18.4. The van der Waals surface area contributed by atoms with Gasteiger partial charge in [-0.3, -0.25) is 4.79 Å². The SMILES string of the molecule is O=C1NCCN(C(=O)NC2CCOCC2)C1c1ccc(F)cc1. The summed E-state index contributed by atoms with van der Waals surface area (Å²) in [6.45, 7) is 2.10. The highest BCUT2D eigenvalue weighted by molar-refractivity contribution is 5.89. The van der Waals surface area contributed by atoms with Gasteiger partial charge in [0.2, 0.25) is 5.91 Å². The molecule has 1 atom stereocenters. The van der Waals surface area contributed by atoms with Crippen molar-refractivity contribution in [2.24, 2.45) is 0 Å². The highest BCUT2D eigenvalue weighted by Crippen LogP contribution is 2.24. The smallest absolute Gasteiger partial charge is 0.318 e. The van der Waals surface area contributed by atoms with Crippen LogP contribution in [0.5, 0.6) is 0 Å². The Hall–Kier alpha value is -2.15. The molecule has 1 aromatic carbocycles. The molecule has 0 spiro atoms. The summed E-state index contributed by atoms with van der Waals surface area (Å²) in [7, 11) is 0. The molecule has 2 fully saturated rings. The summed E-state index contributed by atoms with van der Waals surface area (Å²) in [6, 6.07) is 4.75. The van der Waals surface area contributed by atoms with Gasteiger partial charge in [-0.1, -0.05) is 12.1 Å². The quantitative estimate of drug-likeness (QED) is 0.859. The minimum absolute atomic E-state index is 0.0649. The predicted octanol–water partition coefficient (Wildman–Crippen LogP) is 1.19. The van der Waals surface area contributed by atoms with E-state index in [0.29, 0.717) is 31.9 Å². The molecule has 6 nitrogen and oxygen atoms in total. The van der Waals surface area contributed by atoms with Crippen LogP contribution in [0.3, 0.4) is 0 Å². The summed E-state index contributed by atoms with van der Waals surface area (Å²) >= 11 is 0. The van der Waals surface area contributed by atoms with Crippen LogP contribution >= 0.6 is 0 Å². The van der Waals surface area contributed by atoms with Crippen LogP contribution in [0.1, 0.15) is 24.4 Å². The van der Waals surface area contributed by atoms with E-state index in [1.807, 2.05) is 0 Å². The Morgan fingerprint density at radius 3 is 2.65 bits per heavy atom. The molecule has 1 unspecified atom stereocenters. The molecule has 0 aliphatic carbocycles. The average molecular weight is 321 g/mol. The molecule has 1 aromatic rings. The van der Waals surface area contributed by atoms with Crippen molar-refractivity contribution < 1.29 is 18.7 Å². The van der Waals surface area contributed by atoms with E-state index in [4.69, 9.17) is 4.74 Å². The van der Waals surface area contributed by atoms with Gasteiger partial charge in [-0.05, 0) is 30.5 Å². The number of hydrogen-bond acceptors (Lipinski definition) is 3. The number of rotatable bonds is 2. The first kappa shape index (κ1) is 15.7. The summed E-state index contributed by atoms with van der Waals surface area (Å²) in [4.78, 5) is 26.3. The molecule has 124 valence electrons. The van der Waals surface area contributed by atoms with E-state index >= 15 is 0 Å². The van der Waals surface area contributed by atoms with Crippen molar-refractivity contribution in [2.75, 3.05) is 26.3 Å². The van der Waals surface area contributed by atoms with E-state index in [1.165, 1.54) is 17.0 Å². The molecule has 3 rings (SSSR count). The topological polar surface area (TPSA) is 70.7 Å². The fourth-order valence-electron chi connectivity index (χ4n) is 2.96. The second kappa shape index (κ2) is 6.95. The van der Waals surface area contributed by atoms with Gasteiger partial charge < -0.3 is 20.3 Å². The lowest BCUT2D eigenvalue weighted by Gasteiger charge is -2.36. The first-order valence-corrected chi connectivity index (χ1v) is 7.83. The Balaban J connectivity index is 1.75. The Kier molecular flexibility index (Phi) is 4.76. The molecule has 2 N–H and O–H groups in total. The molecule has 0 radical (unpaired) electrons. The van der Waals surface area contributed by atoms with Gasteiger partial charge in [-0.2, -0.15) is 0 Å². The number of nitrogens with zero attached hydrogens (tertiary/aromatic N) is 1. The Morgan fingerprint density at radius 2 is 1.96 bits per heavy atom. The van der Waals surface area contributed by atoms with Crippen LogP contribution in [0.4, 0.5) is 9.18 Å². The van der Waals surface area contributed by atoms with E-state index in [2.05, 4.69) is 10.6 Å². The van der Waals surface area contributed by atoms with Gasteiger partial charge >= 0.3 is 6.03 Å². The third-order valence-corrected chi connectivity index (χ3v) is 4.21. The summed E-state index contributed by atoms with van der Waals surface area (Å²) in [6.07, 6.45) is 1.54. The normalized spacial score (nSPS) is 22.6. The number of nitrogens with one attached hydrogen (secondary N) is 2. The second-order valence-corrected chi connectivity index (χ2v) is 5.77. The van der Waals surface area contributed by atoms with Gasteiger partial charge in [0, 0.05) is 32.3 Å². The molecule has 2 aliphatic rings. The molecule has 2 saturated heterocycles. The number of carbonyl (C=O) groups excluding carboxylic acids is 2. The number of carbonyl (C=O) groups is 2. The van der Waals surface area contributed by atoms with Crippen molar-refractivity contribution in [1.82, 2.24) is 15.5 Å². The number of piperazine rings is 1. The van der Waals surface area contributed by atoms with Gasteiger partial charge in [-0.25, -0.2) is 9.18 Å².